The van der Waals surface area contributed by atoms with Gasteiger partial charge in [-0.15, -0.1) is 0 Å². The number of halogens is 2. The van der Waals surface area contributed by atoms with E-state index in [0.717, 1.165) is 11.1 Å². The molecule has 0 atom stereocenters. The van der Waals surface area contributed by atoms with Gasteiger partial charge in [0.05, 0.1) is 12.2 Å². The summed E-state index contributed by atoms with van der Waals surface area (Å²) in [4.78, 5) is 23.6. The number of urea groups is 1. The van der Waals surface area contributed by atoms with Crippen molar-refractivity contribution in [2.75, 3.05) is 11.6 Å². The third kappa shape index (κ3) is 3.89. The van der Waals surface area contributed by atoms with Crippen LogP contribution in [0.5, 0.6) is 0 Å². The third-order valence-corrected chi connectivity index (χ3v) is 4.76. The number of hydrazone groups is 1. The summed E-state index contributed by atoms with van der Waals surface area (Å²) in [6, 6.07) is 10.4. The van der Waals surface area contributed by atoms with Crippen LogP contribution in [0.1, 0.15) is 34.8 Å². The minimum absolute atomic E-state index is 0.109. The summed E-state index contributed by atoms with van der Waals surface area (Å²) in [6.07, 6.45) is 2.59. The van der Waals surface area contributed by atoms with Gasteiger partial charge >= 0.3 is 6.03 Å². The van der Waals surface area contributed by atoms with E-state index in [2.05, 4.69) is 10.4 Å². The van der Waals surface area contributed by atoms with E-state index in [9.17, 15) is 9.59 Å². The number of hydrogen-bond donors (Lipinski definition) is 1. The van der Waals surface area contributed by atoms with Crippen LogP contribution < -0.4 is 10.3 Å². The SMILES string of the molecule is CCC(=O)c1ccc(Cc2c(Cl)cc(N3N=CCNC3=O)cc2Cl)cc1. The molecule has 2 amide bonds. The maximum atomic E-state index is 11.9. The van der Waals surface area contributed by atoms with E-state index in [1.165, 1.54) is 5.01 Å². The van der Waals surface area contributed by atoms with E-state index >= 15 is 0 Å². The van der Waals surface area contributed by atoms with Crippen molar-refractivity contribution < 1.29 is 9.59 Å². The van der Waals surface area contributed by atoms with Gasteiger partial charge in [0.25, 0.3) is 0 Å². The van der Waals surface area contributed by atoms with Crippen LogP contribution in [0.3, 0.4) is 0 Å². The van der Waals surface area contributed by atoms with Crippen molar-refractivity contribution >= 4 is 46.9 Å². The topological polar surface area (TPSA) is 61.8 Å². The molecule has 1 N–H and O–H groups in total. The van der Waals surface area contributed by atoms with Gasteiger partial charge in [-0.3, -0.25) is 4.79 Å². The van der Waals surface area contributed by atoms with E-state index in [1.54, 1.807) is 18.3 Å². The lowest BCUT2D eigenvalue weighted by atomic mass is 10.0. The smallest absolute Gasteiger partial charge is 0.331 e. The average Bonchev–Trinajstić information content (AvgIpc) is 2.65. The fourth-order valence-corrected chi connectivity index (χ4v) is 3.27. The molecular weight excluding hydrogens is 373 g/mol. The largest absolute Gasteiger partial charge is 0.342 e. The summed E-state index contributed by atoms with van der Waals surface area (Å²) in [7, 11) is 0. The molecule has 0 radical (unpaired) electrons. The number of anilines is 1. The van der Waals surface area contributed by atoms with Crippen LogP contribution >= 0.6 is 23.2 Å². The van der Waals surface area contributed by atoms with E-state index in [4.69, 9.17) is 23.2 Å². The molecule has 5 nitrogen and oxygen atoms in total. The molecule has 1 aliphatic heterocycles. The number of carbonyl (C=O) groups is 2. The molecule has 0 saturated heterocycles. The number of carbonyl (C=O) groups excluding carboxylic acids is 2. The Balaban J connectivity index is 1.85. The van der Waals surface area contributed by atoms with Crippen molar-refractivity contribution in [1.29, 1.82) is 0 Å². The van der Waals surface area contributed by atoms with Gasteiger partial charge in [-0.05, 0) is 23.3 Å². The first-order valence-electron chi connectivity index (χ1n) is 8.20. The molecule has 1 heterocycles. The van der Waals surface area contributed by atoms with Crippen molar-refractivity contribution in [3.63, 3.8) is 0 Å². The van der Waals surface area contributed by atoms with Gasteiger partial charge in [-0.25, -0.2) is 4.79 Å². The van der Waals surface area contributed by atoms with Gasteiger partial charge in [0.2, 0.25) is 0 Å². The first-order chi connectivity index (χ1) is 12.5. The maximum Gasteiger partial charge on any atom is 0.342 e. The van der Waals surface area contributed by atoms with Crippen molar-refractivity contribution in [2.45, 2.75) is 19.8 Å². The number of nitrogens with zero attached hydrogens (tertiary/aromatic N) is 2. The number of ketones is 1. The summed E-state index contributed by atoms with van der Waals surface area (Å²) in [5.74, 6) is 0.109. The van der Waals surface area contributed by atoms with Crippen LogP contribution in [0.25, 0.3) is 0 Å². The molecule has 0 spiro atoms. The Morgan fingerprint density at radius 2 is 1.85 bits per heavy atom. The van der Waals surface area contributed by atoms with Gasteiger partial charge < -0.3 is 5.32 Å². The maximum absolute atomic E-state index is 11.9. The van der Waals surface area contributed by atoms with Gasteiger partial charge in [-0.1, -0.05) is 54.4 Å². The first-order valence-corrected chi connectivity index (χ1v) is 8.95. The monoisotopic (exact) mass is 389 g/mol. The highest BCUT2D eigenvalue weighted by Crippen LogP contribution is 2.33. The molecular formula is C19H17Cl2N3O2. The summed E-state index contributed by atoms with van der Waals surface area (Å²) < 4.78 is 0. The number of Topliss-reactive ketones (excluding diaryl/α,β-unsaturated/α-hetero) is 1. The number of nitrogens with one attached hydrogen (secondary N) is 1. The minimum atomic E-state index is -0.330. The average molecular weight is 390 g/mol. The standard InChI is InChI=1S/C19H17Cl2N3O2/c1-2-18(25)13-5-3-12(4-6-13)9-15-16(20)10-14(11-17(15)21)24-19(26)22-7-8-23-24/h3-6,8,10-11H,2,7,9H2,1H3,(H,22,26). The van der Waals surface area contributed by atoms with Gasteiger partial charge in [0, 0.05) is 34.7 Å². The zero-order valence-corrected chi connectivity index (χ0v) is 15.6. The Bertz CT molecular complexity index is 856. The molecule has 134 valence electrons. The highest BCUT2D eigenvalue weighted by Gasteiger charge is 2.20. The zero-order chi connectivity index (χ0) is 18.7. The Hall–Kier alpha value is -2.37. The lowest BCUT2D eigenvalue weighted by Crippen LogP contribution is -2.41. The normalized spacial score (nSPS) is 13.7. The summed E-state index contributed by atoms with van der Waals surface area (Å²) in [6.45, 7) is 2.23. The second kappa shape index (κ2) is 7.89. The summed E-state index contributed by atoms with van der Waals surface area (Å²) >= 11 is 12.8. The predicted molar refractivity (Wildman–Crippen MR) is 105 cm³/mol. The summed E-state index contributed by atoms with van der Waals surface area (Å²) in [5, 5.41) is 8.85. The molecule has 26 heavy (non-hydrogen) atoms. The fraction of sp³-hybridized carbons (Fsp3) is 0.211. The quantitative estimate of drug-likeness (QED) is 0.753. The van der Waals surface area contributed by atoms with E-state index in [1.807, 2.05) is 31.2 Å². The molecule has 2 aromatic rings. The zero-order valence-electron chi connectivity index (χ0n) is 14.1. The Morgan fingerprint density at radius 1 is 1.19 bits per heavy atom. The van der Waals surface area contributed by atoms with Crippen molar-refractivity contribution in [1.82, 2.24) is 5.32 Å². The minimum Gasteiger partial charge on any atom is -0.331 e. The second-order valence-corrected chi connectivity index (χ2v) is 6.65. The highest BCUT2D eigenvalue weighted by atomic mass is 35.5. The molecule has 3 rings (SSSR count). The van der Waals surface area contributed by atoms with Crippen LogP contribution in [0.15, 0.2) is 41.5 Å². The van der Waals surface area contributed by atoms with Crippen molar-refractivity contribution in [3.05, 3.63) is 63.1 Å². The van der Waals surface area contributed by atoms with Crippen LogP contribution in [0, 0.1) is 0 Å². The van der Waals surface area contributed by atoms with Crippen molar-refractivity contribution in [2.24, 2.45) is 5.10 Å². The lowest BCUT2D eigenvalue weighted by Gasteiger charge is -2.22. The van der Waals surface area contributed by atoms with Crippen molar-refractivity contribution in [3.8, 4) is 0 Å². The van der Waals surface area contributed by atoms with Gasteiger partial charge in [0.1, 0.15) is 0 Å². The van der Waals surface area contributed by atoms with Crippen LogP contribution in [0.4, 0.5) is 10.5 Å². The number of hydrogen-bond acceptors (Lipinski definition) is 3. The molecule has 0 fully saturated rings. The fourth-order valence-electron chi connectivity index (χ4n) is 2.66. The predicted octanol–water partition coefficient (Wildman–Crippen LogP) is 4.69. The van der Waals surface area contributed by atoms with E-state index in [0.29, 0.717) is 40.7 Å². The number of amides is 2. The number of benzene rings is 2. The van der Waals surface area contributed by atoms with Crippen LogP contribution in [-0.4, -0.2) is 24.6 Å². The number of rotatable bonds is 5. The van der Waals surface area contributed by atoms with E-state index < -0.39 is 0 Å². The Morgan fingerprint density at radius 3 is 2.42 bits per heavy atom. The Kier molecular flexibility index (Phi) is 5.59. The molecule has 2 aromatic carbocycles. The molecule has 0 aromatic heterocycles. The lowest BCUT2D eigenvalue weighted by molar-refractivity contribution is 0.0988. The first kappa shape index (κ1) is 18.4. The van der Waals surface area contributed by atoms with Crippen LogP contribution in [-0.2, 0) is 6.42 Å². The highest BCUT2D eigenvalue weighted by molar-refractivity contribution is 6.36. The molecule has 1 aliphatic rings. The molecule has 0 aliphatic carbocycles. The van der Waals surface area contributed by atoms with Crippen LogP contribution in [0.2, 0.25) is 10.0 Å². The summed E-state index contributed by atoms with van der Waals surface area (Å²) in [5.41, 5.74) is 2.94. The molecule has 0 unspecified atom stereocenters. The third-order valence-electron chi connectivity index (χ3n) is 4.08. The van der Waals surface area contributed by atoms with Gasteiger partial charge in [-0.2, -0.15) is 10.1 Å². The Labute approximate surface area is 161 Å². The van der Waals surface area contributed by atoms with Gasteiger partial charge in [0.15, 0.2) is 5.78 Å². The second-order valence-electron chi connectivity index (χ2n) is 5.83. The molecule has 0 bridgehead atoms. The van der Waals surface area contributed by atoms with E-state index in [-0.39, 0.29) is 11.8 Å². The molecule has 7 heteroatoms. The molecule has 0 saturated carbocycles.